The van der Waals surface area contributed by atoms with E-state index in [1.165, 1.54) is 11.1 Å². The van der Waals surface area contributed by atoms with Crippen LogP contribution >= 0.6 is 0 Å². The number of hydrogen-bond donors (Lipinski definition) is 1. The van der Waals surface area contributed by atoms with Gasteiger partial charge in [-0.05, 0) is 55.6 Å². The largest absolute Gasteiger partial charge is 0.496 e. The summed E-state index contributed by atoms with van der Waals surface area (Å²) in [5.41, 5.74) is 4.56. The van der Waals surface area contributed by atoms with Crippen molar-refractivity contribution in [1.29, 1.82) is 0 Å². The molecule has 4 nitrogen and oxygen atoms in total. The van der Waals surface area contributed by atoms with Gasteiger partial charge in [-0.3, -0.25) is 0 Å². The zero-order chi connectivity index (χ0) is 15.2. The van der Waals surface area contributed by atoms with Crippen LogP contribution in [0.1, 0.15) is 41.8 Å². The quantitative estimate of drug-likeness (QED) is 0.885. The van der Waals surface area contributed by atoms with E-state index in [1.807, 2.05) is 6.07 Å². The van der Waals surface area contributed by atoms with E-state index in [2.05, 4.69) is 48.2 Å². The van der Waals surface area contributed by atoms with Crippen LogP contribution in [0.4, 0.5) is 0 Å². The summed E-state index contributed by atoms with van der Waals surface area (Å²) in [4.78, 5) is 8.43. The first-order valence-corrected chi connectivity index (χ1v) is 7.31. The smallest absolute Gasteiger partial charge is 0.122 e. The van der Waals surface area contributed by atoms with E-state index in [0.717, 1.165) is 30.0 Å². The molecule has 1 aromatic carbocycles. The fourth-order valence-electron chi connectivity index (χ4n) is 2.48. The number of nitrogens with zero attached hydrogens (tertiary/aromatic N) is 2. The monoisotopic (exact) mass is 285 g/mol. The normalized spacial score (nSPS) is 12.2. The van der Waals surface area contributed by atoms with Gasteiger partial charge in [-0.15, -0.1) is 0 Å². The molecular formula is C17H23N3O. The first kappa shape index (κ1) is 15.4. The second-order valence-corrected chi connectivity index (χ2v) is 5.20. The van der Waals surface area contributed by atoms with Crippen LogP contribution in [0.5, 0.6) is 5.75 Å². The summed E-state index contributed by atoms with van der Waals surface area (Å²) in [7, 11) is 1.71. The predicted molar refractivity (Wildman–Crippen MR) is 84.6 cm³/mol. The van der Waals surface area contributed by atoms with E-state index in [0.29, 0.717) is 0 Å². The molecule has 1 aromatic heterocycles. The molecule has 0 fully saturated rings. The van der Waals surface area contributed by atoms with Crippen molar-refractivity contribution < 1.29 is 4.74 Å². The topological polar surface area (TPSA) is 47.0 Å². The molecule has 21 heavy (non-hydrogen) atoms. The van der Waals surface area contributed by atoms with Crippen molar-refractivity contribution in [3.8, 4) is 5.75 Å². The highest BCUT2D eigenvalue weighted by molar-refractivity contribution is 5.44. The van der Waals surface area contributed by atoms with E-state index >= 15 is 0 Å². The maximum Gasteiger partial charge on any atom is 0.122 e. The van der Waals surface area contributed by atoms with Gasteiger partial charge in [0.15, 0.2) is 0 Å². The minimum absolute atomic E-state index is 0.0811. The van der Waals surface area contributed by atoms with E-state index in [4.69, 9.17) is 4.74 Å². The summed E-state index contributed by atoms with van der Waals surface area (Å²) < 4.78 is 5.40. The lowest BCUT2D eigenvalue weighted by molar-refractivity contribution is 0.411. The third-order valence-corrected chi connectivity index (χ3v) is 3.59. The first-order valence-electron chi connectivity index (χ1n) is 7.31. The highest BCUT2D eigenvalue weighted by Crippen LogP contribution is 2.29. The lowest BCUT2D eigenvalue weighted by atomic mass is 9.95. The molecule has 1 heterocycles. The fourth-order valence-corrected chi connectivity index (χ4v) is 2.48. The second-order valence-electron chi connectivity index (χ2n) is 5.20. The fraction of sp³-hybridized carbons (Fsp3) is 0.412. The lowest BCUT2D eigenvalue weighted by Crippen LogP contribution is -2.25. The van der Waals surface area contributed by atoms with Crippen molar-refractivity contribution in [3.05, 3.63) is 53.1 Å². The summed E-state index contributed by atoms with van der Waals surface area (Å²) in [5.74, 6) is 0.924. The average Bonchev–Trinajstić information content (AvgIpc) is 2.51. The summed E-state index contributed by atoms with van der Waals surface area (Å²) in [6, 6.07) is 6.32. The Morgan fingerprint density at radius 1 is 1.24 bits per heavy atom. The van der Waals surface area contributed by atoms with Gasteiger partial charge in [0, 0.05) is 6.20 Å². The van der Waals surface area contributed by atoms with Gasteiger partial charge in [-0.1, -0.05) is 13.0 Å². The third kappa shape index (κ3) is 3.58. The van der Waals surface area contributed by atoms with Crippen molar-refractivity contribution in [2.75, 3.05) is 13.7 Å². The van der Waals surface area contributed by atoms with Crippen LogP contribution < -0.4 is 10.1 Å². The molecule has 0 amide bonds. The Labute approximate surface area is 126 Å². The molecule has 0 bridgehead atoms. The zero-order valence-electron chi connectivity index (χ0n) is 13.2. The second kappa shape index (κ2) is 7.18. The van der Waals surface area contributed by atoms with Crippen LogP contribution in [0.2, 0.25) is 0 Å². The van der Waals surface area contributed by atoms with Crippen LogP contribution in [0.15, 0.2) is 30.7 Å². The van der Waals surface area contributed by atoms with Crippen LogP contribution in [-0.2, 0) is 0 Å². The van der Waals surface area contributed by atoms with Crippen molar-refractivity contribution in [2.45, 2.75) is 33.2 Å². The summed E-state index contributed by atoms with van der Waals surface area (Å²) >= 11 is 0. The predicted octanol–water partition coefficient (Wildman–Crippen LogP) is 3.19. The Bertz CT molecular complexity index is 584. The Kier molecular flexibility index (Phi) is 5.28. The van der Waals surface area contributed by atoms with Gasteiger partial charge in [0.05, 0.1) is 18.8 Å². The maximum absolute atomic E-state index is 5.40. The Morgan fingerprint density at radius 3 is 2.67 bits per heavy atom. The van der Waals surface area contributed by atoms with E-state index in [1.54, 1.807) is 19.6 Å². The van der Waals surface area contributed by atoms with Gasteiger partial charge >= 0.3 is 0 Å². The number of hydrogen-bond acceptors (Lipinski definition) is 4. The molecule has 0 saturated heterocycles. The van der Waals surface area contributed by atoms with Crippen LogP contribution in [0.3, 0.4) is 0 Å². The van der Waals surface area contributed by atoms with E-state index in [9.17, 15) is 0 Å². The molecule has 112 valence electrons. The van der Waals surface area contributed by atoms with Crippen LogP contribution in [-0.4, -0.2) is 23.6 Å². The molecule has 0 aliphatic heterocycles. The minimum atomic E-state index is 0.0811. The van der Waals surface area contributed by atoms with Gasteiger partial charge < -0.3 is 10.1 Å². The number of aryl methyl sites for hydroxylation is 2. The molecule has 2 aromatic rings. The Hall–Kier alpha value is -1.94. The third-order valence-electron chi connectivity index (χ3n) is 3.59. The summed E-state index contributed by atoms with van der Waals surface area (Å²) in [5, 5.41) is 3.58. The van der Waals surface area contributed by atoms with Crippen LogP contribution in [0, 0.1) is 13.8 Å². The molecule has 4 heteroatoms. The van der Waals surface area contributed by atoms with Gasteiger partial charge in [0.1, 0.15) is 12.1 Å². The summed E-state index contributed by atoms with van der Waals surface area (Å²) in [6.07, 6.45) is 4.46. The number of nitrogens with one attached hydrogen (secondary N) is 1. The first-order chi connectivity index (χ1) is 10.2. The molecule has 0 spiro atoms. The molecular weight excluding hydrogens is 262 g/mol. The highest BCUT2D eigenvalue weighted by Gasteiger charge is 2.18. The van der Waals surface area contributed by atoms with Crippen molar-refractivity contribution >= 4 is 0 Å². The van der Waals surface area contributed by atoms with E-state index in [-0.39, 0.29) is 6.04 Å². The maximum atomic E-state index is 5.40. The number of benzene rings is 1. The molecule has 0 radical (unpaired) electrons. The van der Waals surface area contributed by atoms with Gasteiger partial charge in [-0.25, -0.2) is 9.97 Å². The standard InChI is InChI=1S/C17H23N3O/c1-5-7-19-17(15-6-8-18-11-20-15)14-9-13(3)16(21-4)10-12(14)2/h6,8-11,17,19H,5,7H2,1-4H3. The molecule has 0 aliphatic carbocycles. The average molecular weight is 285 g/mol. The van der Waals surface area contributed by atoms with Crippen molar-refractivity contribution in [3.63, 3.8) is 0 Å². The lowest BCUT2D eigenvalue weighted by Gasteiger charge is -2.22. The van der Waals surface area contributed by atoms with Crippen LogP contribution in [0.25, 0.3) is 0 Å². The number of ether oxygens (including phenoxy) is 1. The number of aromatic nitrogens is 2. The molecule has 2 rings (SSSR count). The van der Waals surface area contributed by atoms with Gasteiger partial charge in [0.25, 0.3) is 0 Å². The molecule has 1 atom stereocenters. The number of methoxy groups -OCH3 is 1. The SMILES string of the molecule is CCCNC(c1ccncn1)c1cc(C)c(OC)cc1C. The molecule has 0 saturated carbocycles. The minimum Gasteiger partial charge on any atom is -0.496 e. The van der Waals surface area contributed by atoms with Crippen molar-refractivity contribution in [2.24, 2.45) is 0 Å². The Morgan fingerprint density at radius 2 is 2.05 bits per heavy atom. The number of rotatable bonds is 6. The van der Waals surface area contributed by atoms with Gasteiger partial charge in [-0.2, -0.15) is 0 Å². The molecule has 1 unspecified atom stereocenters. The Balaban J connectivity index is 2.44. The van der Waals surface area contributed by atoms with Gasteiger partial charge in [0.2, 0.25) is 0 Å². The molecule has 0 aliphatic rings. The van der Waals surface area contributed by atoms with E-state index < -0.39 is 0 Å². The zero-order valence-corrected chi connectivity index (χ0v) is 13.2. The van der Waals surface area contributed by atoms with Crippen molar-refractivity contribution in [1.82, 2.24) is 15.3 Å². The highest BCUT2D eigenvalue weighted by atomic mass is 16.5. The summed E-state index contributed by atoms with van der Waals surface area (Å²) in [6.45, 7) is 7.28. The molecule has 1 N–H and O–H groups in total.